The molecular formula is C15H24O5. The molecule has 0 aromatic carbocycles. The molecule has 1 saturated carbocycles. The second-order valence-electron chi connectivity index (χ2n) is 5.58. The van der Waals surface area contributed by atoms with Crippen LogP contribution in [-0.2, 0) is 24.0 Å². The fraction of sp³-hybridized carbons (Fsp3) is 0.800. The smallest absolute Gasteiger partial charge is 0.308 e. The Bertz CT molecular complexity index is 359. The van der Waals surface area contributed by atoms with Crippen LogP contribution in [0.3, 0.4) is 0 Å². The zero-order valence-corrected chi connectivity index (χ0v) is 12.4. The molecule has 1 saturated heterocycles. The van der Waals surface area contributed by atoms with Crippen molar-refractivity contribution in [3.05, 3.63) is 12.2 Å². The minimum Gasteiger partial charge on any atom is -0.466 e. The standard InChI is InChI=1S/C15H24O5/c1-4-17-13(16)10-12-14(11(2)3)19-20-15(18-12)8-6-5-7-9-15/h12,14H,2,4-10H2,1,3H3/t12-,14-/m1/s1. The lowest BCUT2D eigenvalue weighted by atomic mass is 9.93. The average molecular weight is 284 g/mol. The third-order valence-electron chi connectivity index (χ3n) is 3.78. The molecule has 5 heteroatoms. The van der Waals surface area contributed by atoms with E-state index >= 15 is 0 Å². The highest BCUT2D eigenvalue weighted by Crippen LogP contribution is 2.39. The predicted molar refractivity (Wildman–Crippen MR) is 72.7 cm³/mol. The van der Waals surface area contributed by atoms with Crippen molar-refractivity contribution < 1.29 is 24.0 Å². The fourth-order valence-corrected chi connectivity index (χ4v) is 2.78. The Labute approximate surface area is 120 Å². The van der Waals surface area contributed by atoms with Crippen molar-refractivity contribution in [1.29, 1.82) is 0 Å². The Morgan fingerprint density at radius 2 is 2.05 bits per heavy atom. The molecule has 2 atom stereocenters. The molecule has 0 radical (unpaired) electrons. The Morgan fingerprint density at radius 1 is 1.35 bits per heavy atom. The molecule has 5 nitrogen and oxygen atoms in total. The zero-order valence-electron chi connectivity index (χ0n) is 12.4. The van der Waals surface area contributed by atoms with Crippen LogP contribution in [0.1, 0.15) is 52.4 Å². The quantitative estimate of drug-likeness (QED) is 0.451. The highest BCUT2D eigenvalue weighted by atomic mass is 17.2. The molecule has 0 bridgehead atoms. The molecule has 114 valence electrons. The molecule has 2 aliphatic rings. The maximum atomic E-state index is 11.7. The van der Waals surface area contributed by atoms with Crippen LogP contribution in [-0.4, -0.2) is 30.6 Å². The summed E-state index contributed by atoms with van der Waals surface area (Å²) in [6, 6.07) is 0. The number of esters is 1. The summed E-state index contributed by atoms with van der Waals surface area (Å²) in [5, 5.41) is 0. The van der Waals surface area contributed by atoms with E-state index in [1.807, 2.05) is 6.92 Å². The maximum absolute atomic E-state index is 11.7. The molecule has 2 rings (SSSR count). The van der Waals surface area contributed by atoms with Gasteiger partial charge in [0, 0.05) is 12.8 Å². The van der Waals surface area contributed by atoms with Crippen LogP contribution >= 0.6 is 0 Å². The minimum absolute atomic E-state index is 0.163. The summed E-state index contributed by atoms with van der Waals surface area (Å²) in [7, 11) is 0. The molecule has 1 aliphatic carbocycles. The summed E-state index contributed by atoms with van der Waals surface area (Å²) in [5.41, 5.74) is 0.782. The lowest BCUT2D eigenvalue weighted by molar-refractivity contribution is -0.501. The third-order valence-corrected chi connectivity index (χ3v) is 3.78. The zero-order chi connectivity index (χ0) is 14.6. The van der Waals surface area contributed by atoms with Crippen LogP contribution in [0, 0.1) is 0 Å². The summed E-state index contributed by atoms with van der Waals surface area (Å²) < 4.78 is 11.1. The van der Waals surface area contributed by atoms with Gasteiger partial charge in [-0.15, -0.1) is 0 Å². The molecule has 2 fully saturated rings. The van der Waals surface area contributed by atoms with Gasteiger partial charge in [-0.1, -0.05) is 13.0 Å². The summed E-state index contributed by atoms with van der Waals surface area (Å²) in [6.45, 7) is 7.88. The van der Waals surface area contributed by atoms with E-state index in [-0.39, 0.29) is 12.4 Å². The van der Waals surface area contributed by atoms with E-state index in [4.69, 9.17) is 19.2 Å². The SMILES string of the molecule is C=C(C)[C@H]1OOC2(CCCCC2)O[C@@H]1CC(=O)OCC. The average Bonchev–Trinajstić information content (AvgIpc) is 2.39. The van der Waals surface area contributed by atoms with E-state index in [1.54, 1.807) is 6.92 Å². The minimum atomic E-state index is -0.693. The molecule has 0 N–H and O–H groups in total. The molecule has 0 aromatic heterocycles. The van der Waals surface area contributed by atoms with Crippen molar-refractivity contribution in [3.63, 3.8) is 0 Å². The second-order valence-corrected chi connectivity index (χ2v) is 5.58. The first kappa shape index (κ1) is 15.5. The predicted octanol–water partition coefficient (Wildman–Crippen LogP) is 2.89. The number of carbonyl (C=O) groups excluding carboxylic acids is 1. The van der Waals surface area contributed by atoms with Gasteiger partial charge >= 0.3 is 5.97 Å². The monoisotopic (exact) mass is 284 g/mol. The normalized spacial score (nSPS) is 29.1. The summed E-state index contributed by atoms with van der Waals surface area (Å²) in [5.74, 6) is -0.971. The molecule has 1 heterocycles. The van der Waals surface area contributed by atoms with Crippen molar-refractivity contribution in [2.24, 2.45) is 0 Å². The van der Waals surface area contributed by atoms with E-state index in [0.29, 0.717) is 6.61 Å². The Hall–Kier alpha value is -0.910. The van der Waals surface area contributed by atoms with Crippen molar-refractivity contribution in [2.75, 3.05) is 6.61 Å². The van der Waals surface area contributed by atoms with Crippen LogP contribution in [0.2, 0.25) is 0 Å². The van der Waals surface area contributed by atoms with Gasteiger partial charge in [0.2, 0.25) is 5.79 Å². The molecule has 1 spiro atoms. The molecule has 0 unspecified atom stereocenters. The highest BCUT2D eigenvalue weighted by Gasteiger charge is 2.46. The Morgan fingerprint density at radius 3 is 2.65 bits per heavy atom. The topological polar surface area (TPSA) is 54.0 Å². The van der Waals surface area contributed by atoms with Gasteiger partial charge in [0.1, 0.15) is 12.2 Å². The molecular weight excluding hydrogens is 260 g/mol. The van der Waals surface area contributed by atoms with E-state index in [2.05, 4.69) is 6.58 Å². The van der Waals surface area contributed by atoms with Crippen molar-refractivity contribution in [2.45, 2.75) is 70.4 Å². The number of hydrogen-bond donors (Lipinski definition) is 0. The summed E-state index contributed by atoms with van der Waals surface area (Å²) in [4.78, 5) is 22.7. The van der Waals surface area contributed by atoms with E-state index in [1.165, 1.54) is 6.42 Å². The lowest BCUT2D eigenvalue weighted by Gasteiger charge is -2.45. The Balaban J connectivity index is 2.04. The Kier molecular flexibility index (Phi) is 5.18. The number of rotatable bonds is 4. The molecule has 1 aliphatic heterocycles. The van der Waals surface area contributed by atoms with Crippen LogP contribution in [0.4, 0.5) is 0 Å². The largest absolute Gasteiger partial charge is 0.466 e. The van der Waals surface area contributed by atoms with E-state index < -0.39 is 18.0 Å². The van der Waals surface area contributed by atoms with Crippen LogP contribution in [0.5, 0.6) is 0 Å². The van der Waals surface area contributed by atoms with Gasteiger partial charge in [-0.2, -0.15) is 0 Å². The first-order chi connectivity index (χ1) is 9.56. The van der Waals surface area contributed by atoms with Gasteiger partial charge in [-0.25, -0.2) is 9.78 Å². The summed E-state index contributed by atoms with van der Waals surface area (Å²) in [6.07, 6.45) is 4.23. The van der Waals surface area contributed by atoms with Crippen LogP contribution in [0.25, 0.3) is 0 Å². The van der Waals surface area contributed by atoms with Crippen molar-refractivity contribution in [1.82, 2.24) is 0 Å². The van der Waals surface area contributed by atoms with Crippen molar-refractivity contribution in [3.8, 4) is 0 Å². The van der Waals surface area contributed by atoms with Crippen molar-refractivity contribution >= 4 is 5.97 Å². The van der Waals surface area contributed by atoms with E-state index in [9.17, 15) is 4.79 Å². The third kappa shape index (κ3) is 3.59. The van der Waals surface area contributed by atoms with Crippen LogP contribution in [0.15, 0.2) is 12.2 Å². The highest BCUT2D eigenvalue weighted by molar-refractivity contribution is 5.70. The fourth-order valence-electron chi connectivity index (χ4n) is 2.78. The number of hydrogen-bond acceptors (Lipinski definition) is 5. The first-order valence-corrected chi connectivity index (χ1v) is 7.39. The second kappa shape index (κ2) is 6.70. The van der Waals surface area contributed by atoms with Gasteiger partial charge in [0.25, 0.3) is 0 Å². The number of ether oxygens (including phenoxy) is 2. The molecule has 0 amide bonds. The summed E-state index contributed by atoms with van der Waals surface area (Å²) >= 11 is 0. The lowest BCUT2D eigenvalue weighted by Crippen LogP contribution is -2.52. The number of carbonyl (C=O) groups is 1. The van der Waals surface area contributed by atoms with Gasteiger partial charge in [0.05, 0.1) is 13.0 Å². The van der Waals surface area contributed by atoms with Crippen LogP contribution < -0.4 is 0 Å². The molecule has 0 aromatic rings. The maximum Gasteiger partial charge on any atom is 0.308 e. The van der Waals surface area contributed by atoms with Gasteiger partial charge in [0.15, 0.2) is 0 Å². The van der Waals surface area contributed by atoms with Gasteiger partial charge in [-0.05, 0) is 32.3 Å². The molecule has 20 heavy (non-hydrogen) atoms. The van der Waals surface area contributed by atoms with Gasteiger partial charge < -0.3 is 9.47 Å². The van der Waals surface area contributed by atoms with E-state index in [0.717, 1.165) is 31.3 Å². The van der Waals surface area contributed by atoms with Gasteiger partial charge in [-0.3, -0.25) is 4.79 Å². The first-order valence-electron chi connectivity index (χ1n) is 7.39.